The van der Waals surface area contributed by atoms with Gasteiger partial charge in [-0.15, -0.1) is 0 Å². The fourth-order valence-corrected chi connectivity index (χ4v) is 2.67. The Kier molecular flexibility index (Phi) is 4.37. The molecule has 0 radical (unpaired) electrons. The van der Waals surface area contributed by atoms with E-state index in [4.69, 9.17) is 0 Å². The molecule has 0 rings (SSSR count). The second-order valence-corrected chi connectivity index (χ2v) is 9.41. The third-order valence-electron chi connectivity index (χ3n) is 1.85. The lowest BCUT2D eigenvalue weighted by molar-refractivity contribution is 0.616. The Bertz CT molecular complexity index is 136. The van der Waals surface area contributed by atoms with Crippen molar-refractivity contribution in [2.24, 2.45) is 0 Å². The van der Waals surface area contributed by atoms with Crippen LogP contribution in [0.2, 0.25) is 31.4 Å². The fraction of sp³-hybridized carbons (Fsp3) is 1.00. The summed E-state index contributed by atoms with van der Waals surface area (Å²) in [4.78, 5) is 0. The van der Waals surface area contributed by atoms with Gasteiger partial charge in [-0.05, 0) is 11.8 Å². The average molecular weight is 198 g/mol. The van der Waals surface area contributed by atoms with E-state index in [-0.39, 0.29) is 0 Å². The lowest BCUT2D eigenvalue weighted by Gasteiger charge is -2.25. The Labute approximate surface area is 72.1 Å². The summed E-state index contributed by atoms with van der Waals surface area (Å²) >= 11 is 0. The monoisotopic (exact) mass is 198 g/mol. The smallest absolute Gasteiger partial charge is 0.287 e. The van der Waals surface area contributed by atoms with E-state index >= 15 is 0 Å². The SMILES string of the molecule is C[Si](C)(C)C(CB(F)F)B(F)F. The molecule has 0 bridgehead atoms. The van der Waals surface area contributed by atoms with E-state index in [1.165, 1.54) is 0 Å². The van der Waals surface area contributed by atoms with Gasteiger partial charge in [-0.3, -0.25) is 17.3 Å². The van der Waals surface area contributed by atoms with Crippen molar-refractivity contribution >= 4 is 22.6 Å². The van der Waals surface area contributed by atoms with Crippen molar-refractivity contribution in [1.82, 2.24) is 0 Å². The molecule has 0 aromatic heterocycles. The maximum atomic E-state index is 12.3. The normalized spacial score (nSPS) is 14.2. The molecule has 0 saturated carbocycles. The lowest BCUT2D eigenvalue weighted by atomic mass is 9.77. The Morgan fingerprint density at radius 1 is 1.08 bits per heavy atom. The van der Waals surface area contributed by atoms with Crippen molar-refractivity contribution in [3.63, 3.8) is 0 Å². The largest absolute Gasteiger partial charge is 0.538 e. The molecule has 0 fully saturated rings. The van der Waals surface area contributed by atoms with Gasteiger partial charge in [0.25, 0.3) is 0 Å². The Hall–Kier alpha value is 0.0668. The molecule has 1 atom stereocenters. The zero-order valence-corrected chi connectivity index (χ0v) is 8.45. The first kappa shape index (κ1) is 12.1. The number of halogens is 4. The first-order valence-corrected chi connectivity index (χ1v) is 7.39. The van der Waals surface area contributed by atoms with E-state index in [1.54, 1.807) is 19.6 Å². The maximum absolute atomic E-state index is 12.3. The van der Waals surface area contributed by atoms with E-state index in [2.05, 4.69) is 0 Å². The summed E-state index contributed by atoms with van der Waals surface area (Å²) in [5.74, 6) is 0. The summed E-state index contributed by atoms with van der Waals surface area (Å²) in [7, 11) is -7.36. The number of hydrogen-bond acceptors (Lipinski definition) is 0. The van der Waals surface area contributed by atoms with Crippen LogP contribution in [0.3, 0.4) is 0 Å². The summed E-state index contributed by atoms with van der Waals surface area (Å²) in [5, 5.41) is 0. The highest BCUT2D eigenvalue weighted by Crippen LogP contribution is 2.31. The Morgan fingerprint density at radius 2 is 1.50 bits per heavy atom. The average Bonchev–Trinajstić information content (AvgIpc) is 1.79. The minimum atomic E-state index is -2.62. The van der Waals surface area contributed by atoms with Crippen molar-refractivity contribution in [2.75, 3.05) is 0 Å². The fourth-order valence-electron chi connectivity index (χ4n) is 1.03. The molecule has 0 aliphatic carbocycles. The predicted molar refractivity (Wildman–Crippen MR) is 47.8 cm³/mol. The van der Waals surface area contributed by atoms with Crippen LogP contribution in [0, 0.1) is 0 Å². The minimum absolute atomic E-state index is 0.659. The molecule has 12 heavy (non-hydrogen) atoms. The standard InChI is InChI=1S/C5H12B2F4Si/c1-12(2,3)5(7(10)11)4-6(8)9/h5H,4H2,1-3H3. The zero-order chi connectivity index (χ0) is 9.94. The van der Waals surface area contributed by atoms with Crippen LogP contribution in [0.25, 0.3) is 0 Å². The molecule has 0 aliphatic rings. The second kappa shape index (κ2) is 4.34. The zero-order valence-electron chi connectivity index (χ0n) is 7.45. The maximum Gasteiger partial charge on any atom is 0.538 e. The first-order valence-electron chi connectivity index (χ1n) is 3.81. The highest BCUT2D eigenvalue weighted by Gasteiger charge is 2.41. The molecule has 0 N–H and O–H groups in total. The summed E-state index contributed by atoms with van der Waals surface area (Å²) in [6, 6.07) is 0. The highest BCUT2D eigenvalue weighted by atomic mass is 28.3. The van der Waals surface area contributed by atoms with Crippen LogP contribution in [-0.2, 0) is 0 Å². The Morgan fingerprint density at radius 3 is 1.58 bits per heavy atom. The van der Waals surface area contributed by atoms with Gasteiger partial charge >= 0.3 is 14.5 Å². The molecule has 1 unspecified atom stereocenters. The molecular formula is C5H12B2F4Si. The number of rotatable bonds is 4. The molecule has 0 spiro atoms. The summed E-state index contributed by atoms with van der Waals surface area (Å²) < 4.78 is 48.2. The third-order valence-corrected chi connectivity index (χ3v) is 4.56. The van der Waals surface area contributed by atoms with Gasteiger partial charge in [0.1, 0.15) is 0 Å². The molecule has 0 nitrogen and oxygen atoms in total. The Balaban J connectivity index is 4.25. The second-order valence-electron chi connectivity index (χ2n) is 3.93. The van der Waals surface area contributed by atoms with Gasteiger partial charge in [0.2, 0.25) is 0 Å². The van der Waals surface area contributed by atoms with E-state index in [0.717, 1.165) is 0 Å². The van der Waals surface area contributed by atoms with E-state index in [1.807, 2.05) is 0 Å². The number of hydrogen-bond donors (Lipinski definition) is 0. The first-order chi connectivity index (χ1) is 5.25. The predicted octanol–water partition coefficient (Wildman–Crippen LogP) is 3.09. The minimum Gasteiger partial charge on any atom is -0.287 e. The van der Waals surface area contributed by atoms with Gasteiger partial charge in [-0.2, -0.15) is 0 Å². The third kappa shape index (κ3) is 4.18. The topological polar surface area (TPSA) is 0 Å². The van der Waals surface area contributed by atoms with Gasteiger partial charge in [0.15, 0.2) is 0 Å². The van der Waals surface area contributed by atoms with Crippen LogP contribution in [0.15, 0.2) is 0 Å². The van der Waals surface area contributed by atoms with Crippen LogP contribution < -0.4 is 0 Å². The van der Waals surface area contributed by atoms with Crippen LogP contribution in [0.4, 0.5) is 17.3 Å². The van der Waals surface area contributed by atoms with Gasteiger partial charge in [0, 0.05) is 8.07 Å². The van der Waals surface area contributed by atoms with E-state index in [0.29, 0.717) is 0 Å². The van der Waals surface area contributed by atoms with Crippen LogP contribution >= 0.6 is 0 Å². The molecule has 0 aromatic rings. The van der Waals surface area contributed by atoms with Crippen LogP contribution in [-0.4, -0.2) is 22.6 Å². The van der Waals surface area contributed by atoms with Gasteiger partial charge in [-0.25, -0.2) is 0 Å². The molecule has 0 heterocycles. The van der Waals surface area contributed by atoms with Gasteiger partial charge in [0.05, 0.1) is 0 Å². The molecule has 70 valence electrons. The molecular weight excluding hydrogens is 186 g/mol. The van der Waals surface area contributed by atoms with Crippen molar-refractivity contribution in [3.8, 4) is 0 Å². The van der Waals surface area contributed by atoms with E-state index in [9.17, 15) is 17.3 Å². The van der Waals surface area contributed by atoms with Crippen LogP contribution in [0.5, 0.6) is 0 Å². The van der Waals surface area contributed by atoms with Crippen LogP contribution in [0.1, 0.15) is 0 Å². The molecule has 0 aromatic carbocycles. The molecule has 0 saturated heterocycles. The van der Waals surface area contributed by atoms with E-state index < -0.39 is 34.4 Å². The van der Waals surface area contributed by atoms with Gasteiger partial charge in [-0.1, -0.05) is 19.6 Å². The van der Waals surface area contributed by atoms with Crippen molar-refractivity contribution < 1.29 is 17.3 Å². The molecule has 0 aliphatic heterocycles. The van der Waals surface area contributed by atoms with Crippen molar-refractivity contribution in [1.29, 1.82) is 0 Å². The highest BCUT2D eigenvalue weighted by molar-refractivity contribution is 6.87. The summed E-state index contributed by atoms with van der Waals surface area (Å²) in [6.45, 7) is 5.06. The lowest BCUT2D eigenvalue weighted by Crippen LogP contribution is -2.36. The van der Waals surface area contributed by atoms with Crippen molar-refractivity contribution in [2.45, 2.75) is 31.4 Å². The quantitative estimate of drug-likeness (QED) is 0.480. The van der Waals surface area contributed by atoms with Crippen molar-refractivity contribution in [3.05, 3.63) is 0 Å². The summed E-state index contributed by atoms with van der Waals surface area (Å²) in [5.41, 5.74) is -1.09. The summed E-state index contributed by atoms with van der Waals surface area (Å²) in [6.07, 6.45) is -0.659. The molecule has 7 heteroatoms. The molecule has 0 amide bonds. The van der Waals surface area contributed by atoms with Gasteiger partial charge < -0.3 is 0 Å².